The summed E-state index contributed by atoms with van der Waals surface area (Å²) in [5.74, 6) is 0.738. The van der Waals surface area contributed by atoms with Crippen LogP contribution in [0.2, 0.25) is 0 Å². The first-order valence-electron chi connectivity index (χ1n) is 10.0. The summed E-state index contributed by atoms with van der Waals surface area (Å²) in [6, 6.07) is 21.9. The van der Waals surface area contributed by atoms with Gasteiger partial charge in [0.1, 0.15) is 17.1 Å². The fraction of sp³-hybridized carbons (Fsp3) is 0.0800. The van der Waals surface area contributed by atoms with Crippen LogP contribution >= 0.6 is 0 Å². The largest absolute Gasteiger partial charge is 0.462 e. The van der Waals surface area contributed by atoms with Crippen molar-refractivity contribution < 1.29 is 19.1 Å². The Morgan fingerprint density at radius 3 is 2.47 bits per heavy atom. The minimum atomic E-state index is -0.793. The number of nitrogens with one attached hydrogen (secondary N) is 1. The minimum absolute atomic E-state index is 0.121. The SMILES string of the molecule is CCOC(=O)c1cnc(-c2cc(Oc3ccccc3)cc3ccccc23)cc1NC(N)=O. The molecule has 3 aromatic carbocycles. The van der Waals surface area contributed by atoms with Gasteiger partial charge in [0.05, 0.1) is 18.0 Å². The highest BCUT2D eigenvalue weighted by Crippen LogP contribution is 2.35. The molecule has 0 fully saturated rings. The zero-order valence-corrected chi connectivity index (χ0v) is 17.4. The van der Waals surface area contributed by atoms with E-state index in [0.717, 1.165) is 16.3 Å². The number of amides is 2. The van der Waals surface area contributed by atoms with Crippen LogP contribution in [0.1, 0.15) is 17.3 Å². The van der Waals surface area contributed by atoms with Crippen LogP contribution in [0, 0.1) is 0 Å². The molecule has 1 aromatic heterocycles. The Morgan fingerprint density at radius 1 is 0.969 bits per heavy atom. The lowest BCUT2D eigenvalue weighted by Crippen LogP contribution is -2.21. The molecule has 7 heteroatoms. The zero-order valence-electron chi connectivity index (χ0n) is 17.4. The maximum absolute atomic E-state index is 12.3. The third-order valence-electron chi connectivity index (χ3n) is 4.75. The first-order chi connectivity index (χ1) is 15.5. The number of hydrogen-bond donors (Lipinski definition) is 2. The van der Waals surface area contributed by atoms with Gasteiger partial charge in [-0.05, 0) is 48.0 Å². The van der Waals surface area contributed by atoms with Gasteiger partial charge in [-0.2, -0.15) is 0 Å². The molecule has 0 saturated heterocycles. The van der Waals surface area contributed by atoms with Gasteiger partial charge in [0.15, 0.2) is 0 Å². The van der Waals surface area contributed by atoms with Gasteiger partial charge in [0, 0.05) is 11.8 Å². The van der Waals surface area contributed by atoms with Crippen molar-refractivity contribution in [2.75, 3.05) is 11.9 Å². The highest BCUT2D eigenvalue weighted by Gasteiger charge is 2.17. The number of para-hydroxylation sites is 1. The summed E-state index contributed by atoms with van der Waals surface area (Å²) in [6.07, 6.45) is 1.37. The van der Waals surface area contributed by atoms with Crippen LogP contribution in [0.3, 0.4) is 0 Å². The smallest absolute Gasteiger partial charge is 0.341 e. The van der Waals surface area contributed by atoms with Gasteiger partial charge in [-0.1, -0.05) is 42.5 Å². The van der Waals surface area contributed by atoms with Gasteiger partial charge in [0.2, 0.25) is 0 Å². The van der Waals surface area contributed by atoms with Crippen molar-refractivity contribution in [2.24, 2.45) is 5.73 Å². The van der Waals surface area contributed by atoms with E-state index in [9.17, 15) is 9.59 Å². The molecule has 7 nitrogen and oxygen atoms in total. The quantitative estimate of drug-likeness (QED) is 0.403. The molecule has 4 aromatic rings. The molecule has 0 bridgehead atoms. The van der Waals surface area contributed by atoms with E-state index in [1.54, 1.807) is 13.0 Å². The number of aromatic nitrogens is 1. The van der Waals surface area contributed by atoms with Gasteiger partial charge in [-0.25, -0.2) is 9.59 Å². The van der Waals surface area contributed by atoms with E-state index in [-0.39, 0.29) is 17.9 Å². The molecule has 4 rings (SSSR count). The van der Waals surface area contributed by atoms with Crippen molar-refractivity contribution in [1.82, 2.24) is 4.98 Å². The van der Waals surface area contributed by atoms with E-state index in [1.807, 2.05) is 66.7 Å². The van der Waals surface area contributed by atoms with Gasteiger partial charge in [-0.3, -0.25) is 4.98 Å². The van der Waals surface area contributed by atoms with Crippen LogP contribution in [0.5, 0.6) is 11.5 Å². The number of urea groups is 1. The van der Waals surface area contributed by atoms with E-state index in [0.29, 0.717) is 17.2 Å². The molecule has 1 heterocycles. The number of rotatable bonds is 6. The van der Waals surface area contributed by atoms with Crippen molar-refractivity contribution >= 4 is 28.5 Å². The molecular formula is C25H21N3O4. The Morgan fingerprint density at radius 2 is 1.72 bits per heavy atom. The van der Waals surface area contributed by atoms with Gasteiger partial charge < -0.3 is 20.5 Å². The van der Waals surface area contributed by atoms with Crippen molar-refractivity contribution in [3.8, 4) is 22.8 Å². The van der Waals surface area contributed by atoms with Gasteiger partial charge in [-0.15, -0.1) is 0 Å². The molecule has 32 heavy (non-hydrogen) atoms. The summed E-state index contributed by atoms with van der Waals surface area (Å²) in [5, 5.41) is 4.39. The van der Waals surface area contributed by atoms with Crippen molar-refractivity contribution in [1.29, 1.82) is 0 Å². The normalized spacial score (nSPS) is 10.5. The Bertz CT molecular complexity index is 1290. The van der Waals surface area contributed by atoms with Gasteiger partial charge in [0.25, 0.3) is 0 Å². The van der Waals surface area contributed by atoms with Crippen LogP contribution in [0.4, 0.5) is 10.5 Å². The number of ether oxygens (including phenoxy) is 2. The maximum atomic E-state index is 12.3. The number of esters is 1. The molecule has 0 aliphatic heterocycles. The number of nitrogens with two attached hydrogens (primary N) is 1. The number of hydrogen-bond acceptors (Lipinski definition) is 5. The highest BCUT2D eigenvalue weighted by atomic mass is 16.5. The summed E-state index contributed by atoms with van der Waals surface area (Å²) in [7, 11) is 0. The first-order valence-corrected chi connectivity index (χ1v) is 10.0. The van der Waals surface area contributed by atoms with E-state index in [2.05, 4.69) is 10.3 Å². The molecule has 0 atom stereocenters. The summed E-state index contributed by atoms with van der Waals surface area (Å²) in [6.45, 7) is 1.89. The van der Waals surface area contributed by atoms with E-state index in [1.165, 1.54) is 6.20 Å². The van der Waals surface area contributed by atoms with E-state index < -0.39 is 12.0 Å². The van der Waals surface area contributed by atoms with Crippen molar-refractivity contribution in [3.63, 3.8) is 0 Å². The molecule has 160 valence electrons. The minimum Gasteiger partial charge on any atom is -0.462 e. The van der Waals surface area contributed by atoms with Gasteiger partial charge >= 0.3 is 12.0 Å². The Balaban J connectivity index is 1.84. The molecular weight excluding hydrogens is 406 g/mol. The maximum Gasteiger partial charge on any atom is 0.341 e. The number of carbonyl (C=O) groups is 2. The van der Waals surface area contributed by atoms with E-state index >= 15 is 0 Å². The standard InChI is InChI=1S/C25H21N3O4/c1-2-31-24(29)21-15-27-22(14-23(21)28-25(26)30)20-13-18(32-17-9-4-3-5-10-17)12-16-8-6-7-11-19(16)20/h3-15H,2H2,1H3,(H3,26,27,28,30). The fourth-order valence-corrected chi connectivity index (χ4v) is 3.39. The molecule has 2 amide bonds. The Kier molecular flexibility index (Phi) is 5.98. The number of fused-ring (bicyclic) bond motifs is 1. The van der Waals surface area contributed by atoms with Crippen LogP contribution < -0.4 is 15.8 Å². The zero-order chi connectivity index (χ0) is 22.5. The topological polar surface area (TPSA) is 104 Å². The summed E-state index contributed by atoms with van der Waals surface area (Å²) in [4.78, 5) is 28.3. The number of pyridine rings is 1. The number of anilines is 1. The van der Waals surface area contributed by atoms with E-state index in [4.69, 9.17) is 15.2 Å². The number of carbonyl (C=O) groups excluding carboxylic acids is 2. The third-order valence-corrected chi connectivity index (χ3v) is 4.75. The second kappa shape index (κ2) is 9.18. The van der Waals surface area contributed by atoms with Crippen LogP contribution in [0.15, 0.2) is 79.0 Å². The number of benzene rings is 3. The second-order valence-corrected chi connectivity index (χ2v) is 6.93. The highest BCUT2D eigenvalue weighted by molar-refractivity contribution is 6.02. The molecule has 0 unspecified atom stereocenters. The lowest BCUT2D eigenvalue weighted by Gasteiger charge is -2.14. The lowest BCUT2D eigenvalue weighted by molar-refractivity contribution is 0.0527. The Labute approximate surface area is 184 Å². The average molecular weight is 427 g/mol. The summed E-state index contributed by atoms with van der Waals surface area (Å²) >= 11 is 0. The van der Waals surface area contributed by atoms with Crippen molar-refractivity contribution in [3.05, 3.63) is 84.6 Å². The van der Waals surface area contributed by atoms with Crippen LogP contribution in [0.25, 0.3) is 22.0 Å². The summed E-state index contributed by atoms with van der Waals surface area (Å²) < 4.78 is 11.1. The average Bonchev–Trinajstić information content (AvgIpc) is 2.79. The predicted octanol–water partition coefficient (Wildman–Crippen LogP) is 5.36. The molecule has 3 N–H and O–H groups in total. The fourth-order valence-electron chi connectivity index (χ4n) is 3.39. The van der Waals surface area contributed by atoms with Crippen molar-refractivity contribution in [2.45, 2.75) is 6.92 Å². The molecule has 0 radical (unpaired) electrons. The van der Waals surface area contributed by atoms with Crippen LogP contribution in [-0.2, 0) is 4.74 Å². The van der Waals surface area contributed by atoms with Crippen LogP contribution in [-0.4, -0.2) is 23.6 Å². The Hall–Kier alpha value is -4.39. The molecule has 0 spiro atoms. The second-order valence-electron chi connectivity index (χ2n) is 6.93. The molecule has 0 aliphatic carbocycles. The monoisotopic (exact) mass is 427 g/mol. The predicted molar refractivity (Wildman–Crippen MR) is 123 cm³/mol. The lowest BCUT2D eigenvalue weighted by atomic mass is 10.00. The summed E-state index contributed by atoms with van der Waals surface area (Å²) in [5.41, 5.74) is 6.97. The molecule has 0 saturated carbocycles. The molecule has 0 aliphatic rings. The number of primary amides is 1. The first kappa shape index (κ1) is 20.9. The number of nitrogens with zero attached hydrogens (tertiary/aromatic N) is 1. The third kappa shape index (κ3) is 4.52.